The molecule has 1 aromatic rings. The highest BCUT2D eigenvalue weighted by molar-refractivity contribution is 6.30. The van der Waals surface area contributed by atoms with Gasteiger partial charge in [0.2, 0.25) is 5.91 Å². The van der Waals surface area contributed by atoms with Crippen molar-refractivity contribution in [2.75, 3.05) is 0 Å². The summed E-state index contributed by atoms with van der Waals surface area (Å²) in [6, 6.07) is 6.33. The van der Waals surface area contributed by atoms with Crippen molar-refractivity contribution in [2.24, 2.45) is 11.5 Å². The third-order valence-corrected chi connectivity index (χ3v) is 2.33. The molecule has 1 rings (SSSR count). The molecule has 0 radical (unpaired) electrons. The number of halogens is 1. The Morgan fingerprint density at radius 1 is 1.21 bits per heavy atom. The van der Waals surface area contributed by atoms with Crippen molar-refractivity contribution in [3.63, 3.8) is 0 Å². The van der Waals surface area contributed by atoms with Crippen LogP contribution in [0.5, 0.6) is 0 Å². The average molecular weight is 289 g/mol. The van der Waals surface area contributed by atoms with Gasteiger partial charge in [-0.3, -0.25) is 4.79 Å². The first kappa shape index (κ1) is 20.2. The zero-order chi connectivity index (χ0) is 15.4. The van der Waals surface area contributed by atoms with Gasteiger partial charge in [0.1, 0.15) is 6.10 Å². The third-order valence-electron chi connectivity index (χ3n) is 2.08. The van der Waals surface area contributed by atoms with E-state index in [-0.39, 0.29) is 0 Å². The summed E-state index contributed by atoms with van der Waals surface area (Å²) in [5.41, 5.74) is 11.4. The number of hydrogen-bond acceptors (Lipinski definition) is 3. The van der Waals surface area contributed by atoms with E-state index in [0.29, 0.717) is 11.4 Å². The maximum absolute atomic E-state index is 10.7. The van der Waals surface area contributed by atoms with Crippen molar-refractivity contribution >= 4 is 17.5 Å². The Kier molecular flexibility index (Phi) is 12.7. The van der Waals surface area contributed by atoms with E-state index in [1.807, 2.05) is 27.7 Å². The van der Waals surface area contributed by atoms with E-state index >= 15 is 0 Å². The largest absolute Gasteiger partial charge is 0.382 e. The summed E-state index contributed by atoms with van der Waals surface area (Å²) in [6.45, 7) is 8.00. The van der Waals surface area contributed by atoms with Gasteiger partial charge in [0.15, 0.2) is 0 Å². The number of nitrogens with two attached hydrogens (primary N) is 2. The van der Waals surface area contributed by atoms with Crippen LogP contribution in [0.1, 0.15) is 33.3 Å². The van der Waals surface area contributed by atoms with E-state index in [9.17, 15) is 9.90 Å². The van der Waals surface area contributed by atoms with E-state index in [1.165, 1.54) is 0 Å². The number of carbonyl (C=O) groups is 1. The predicted molar refractivity (Wildman–Crippen MR) is 81.0 cm³/mol. The van der Waals surface area contributed by atoms with Crippen LogP contribution in [-0.2, 0) is 11.2 Å². The molecule has 0 fully saturated rings. The van der Waals surface area contributed by atoms with Gasteiger partial charge >= 0.3 is 0 Å². The van der Waals surface area contributed by atoms with Crippen LogP contribution >= 0.6 is 11.6 Å². The number of carbonyl (C=O) groups excluding carboxylic acids is 1. The molecular weight excluding hydrogens is 264 g/mol. The van der Waals surface area contributed by atoms with E-state index < -0.39 is 18.1 Å². The minimum absolute atomic E-state index is 0.376. The molecule has 0 aliphatic rings. The fraction of sp³-hybridized carbons (Fsp3) is 0.500. The molecule has 2 unspecified atom stereocenters. The van der Waals surface area contributed by atoms with Crippen LogP contribution in [0.4, 0.5) is 0 Å². The van der Waals surface area contributed by atoms with Gasteiger partial charge in [0.05, 0.1) is 0 Å². The second-order valence-electron chi connectivity index (χ2n) is 3.34. The first-order chi connectivity index (χ1) is 9.00. The molecule has 1 aromatic carbocycles. The van der Waals surface area contributed by atoms with Crippen molar-refractivity contribution in [2.45, 2.75) is 46.3 Å². The third kappa shape index (κ3) is 8.59. The second-order valence-corrected chi connectivity index (χ2v) is 3.78. The van der Waals surface area contributed by atoms with Gasteiger partial charge in [0, 0.05) is 11.1 Å². The summed E-state index contributed by atoms with van der Waals surface area (Å²) in [7, 11) is 0. The molecule has 0 heterocycles. The van der Waals surface area contributed by atoms with Gasteiger partial charge in [-0.1, -0.05) is 51.4 Å². The molecule has 1 amide bonds. The summed E-state index contributed by atoms with van der Waals surface area (Å²) >= 11 is 5.71. The summed E-state index contributed by atoms with van der Waals surface area (Å²) in [5, 5.41) is 9.91. The highest BCUT2D eigenvalue weighted by atomic mass is 35.5. The lowest BCUT2D eigenvalue weighted by Gasteiger charge is -2.15. The van der Waals surface area contributed by atoms with Gasteiger partial charge < -0.3 is 16.6 Å². The molecule has 0 saturated heterocycles. The molecule has 5 heteroatoms. The number of hydrogen-bond donors (Lipinski definition) is 3. The summed E-state index contributed by atoms with van der Waals surface area (Å²) in [6.07, 6.45) is -0.943. The lowest BCUT2D eigenvalue weighted by Crippen LogP contribution is -2.45. The van der Waals surface area contributed by atoms with Crippen LogP contribution in [-0.4, -0.2) is 23.2 Å². The maximum atomic E-state index is 10.7. The van der Waals surface area contributed by atoms with Gasteiger partial charge in [-0.25, -0.2) is 0 Å². The molecule has 4 nitrogen and oxygen atoms in total. The van der Waals surface area contributed by atoms with Crippen LogP contribution in [0.25, 0.3) is 0 Å². The molecule has 0 saturated carbocycles. The fourth-order valence-electron chi connectivity index (χ4n) is 1.22. The summed E-state index contributed by atoms with van der Waals surface area (Å²) < 4.78 is 0. The van der Waals surface area contributed by atoms with Crippen LogP contribution < -0.4 is 11.5 Å². The van der Waals surface area contributed by atoms with Crippen LogP contribution in [0.2, 0.25) is 5.02 Å². The Bertz CT molecular complexity index is 342. The first-order valence-electron chi connectivity index (χ1n) is 6.48. The van der Waals surface area contributed by atoms with Crippen LogP contribution in [0.15, 0.2) is 24.3 Å². The SMILES string of the molecule is CC.CC.NC(=O)C(O)C(N)Cc1ccc(Cl)cc1. The maximum Gasteiger partial charge on any atom is 0.247 e. The second kappa shape index (κ2) is 12.0. The lowest BCUT2D eigenvalue weighted by atomic mass is 10.0. The predicted octanol–water partition coefficient (Wildman–Crippen LogP) is 2.11. The van der Waals surface area contributed by atoms with Crippen molar-refractivity contribution in [1.29, 1.82) is 0 Å². The van der Waals surface area contributed by atoms with Crippen molar-refractivity contribution in [3.05, 3.63) is 34.9 Å². The molecule has 110 valence electrons. The zero-order valence-corrected chi connectivity index (χ0v) is 12.8. The fourth-order valence-corrected chi connectivity index (χ4v) is 1.34. The Morgan fingerprint density at radius 2 is 1.63 bits per heavy atom. The highest BCUT2D eigenvalue weighted by Crippen LogP contribution is 2.11. The number of aliphatic hydroxyl groups is 1. The van der Waals surface area contributed by atoms with Gasteiger partial charge in [-0.2, -0.15) is 0 Å². The van der Waals surface area contributed by atoms with Crippen LogP contribution in [0.3, 0.4) is 0 Å². The number of rotatable bonds is 4. The summed E-state index contributed by atoms with van der Waals surface area (Å²) in [5.74, 6) is -0.809. The lowest BCUT2D eigenvalue weighted by molar-refractivity contribution is -0.126. The van der Waals surface area contributed by atoms with E-state index in [4.69, 9.17) is 23.1 Å². The number of primary amides is 1. The van der Waals surface area contributed by atoms with E-state index in [2.05, 4.69) is 0 Å². The van der Waals surface area contributed by atoms with Gasteiger partial charge in [0.25, 0.3) is 0 Å². The van der Waals surface area contributed by atoms with Crippen LogP contribution in [0, 0.1) is 0 Å². The quantitative estimate of drug-likeness (QED) is 0.792. The molecular formula is C14H25ClN2O2. The molecule has 0 bridgehead atoms. The highest BCUT2D eigenvalue weighted by Gasteiger charge is 2.20. The molecule has 19 heavy (non-hydrogen) atoms. The average Bonchev–Trinajstić information content (AvgIpc) is 2.44. The Morgan fingerprint density at radius 3 is 2.00 bits per heavy atom. The Hall–Kier alpha value is -1.10. The standard InChI is InChI=1S/C10H13ClN2O2.2C2H6/c11-7-3-1-6(2-4-7)5-8(12)9(14)10(13)15;2*1-2/h1-4,8-9,14H,5,12H2,(H2,13,15);2*1-2H3. The Balaban J connectivity index is 0. The minimum Gasteiger partial charge on any atom is -0.382 e. The zero-order valence-electron chi connectivity index (χ0n) is 12.1. The molecule has 0 spiro atoms. The molecule has 0 aromatic heterocycles. The molecule has 5 N–H and O–H groups in total. The van der Waals surface area contributed by atoms with Crippen molar-refractivity contribution < 1.29 is 9.90 Å². The van der Waals surface area contributed by atoms with E-state index in [1.54, 1.807) is 24.3 Å². The normalized spacial score (nSPS) is 12.2. The number of amides is 1. The molecule has 0 aliphatic heterocycles. The molecule has 2 atom stereocenters. The van der Waals surface area contributed by atoms with E-state index in [0.717, 1.165) is 5.56 Å². The van der Waals surface area contributed by atoms with Crippen molar-refractivity contribution in [3.8, 4) is 0 Å². The first-order valence-corrected chi connectivity index (χ1v) is 6.86. The Labute approximate surface area is 120 Å². The number of benzene rings is 1. The monoisotopic (exact) mass is 288 g/mol. The van der Waals surface area contributed by atoms with Crippen molar-refractivity contribution in [1.82, 2.24) is 0 Å². The summed E-state index contributed by atoms with van der Waals surface area (Å²) in [4.78, 5) is 10.7. The minimum atomic E-state index is -1.32. The van der Waals surface area contributed by atoms with Gasteiger partial charge in [-0.05, 0) is 24.1 Å². The van der Waals surface area contributed by atoms with Gasteiger partial charge in [-0.15, -0.1) is 0 Å². The number of aliphatic hydroxyl groups excluding tert-OH is 1. The smallest absolute Gasteiger partial charge is 0.247 e. The molecule has 0 aliphatic carbocycles. The topological polar surface area (TPSA) is 89.3 Å².